The molecule has 0 aromatic rings. The Morgan fingerprint density at radius 3 is 0.974 bits per heavy atom. The lowest BCUT2D eigenvalue weighted by Gasteiger charge is -2.29. The summed E-state index contributed by atoms with van der Waals surface area (Å²) in [7, 11) is 8.34. The zero-order valence-electron chi connectivity index (χ0n) is 27.2. The summed E-state index contributed by atoms with van der Waals surface area (Å²) in [5, 5.41) is 0. The highest BCUT2D eigenvalue weighted by Gasteiger charge is 2.22. The van der Waals surface area contributed by atoms with Crippen LogP contribution in [0.3, 0.4) is 0 Å². The van der Waals surface area contributed by atoms with Crippen molar-refractivity contribution in [3.63, 3.8) is 0 Å². The molecule has 232 valence electrons. The number of hydrogen-bond donors (Lipinski definition) is 0. The molecule has 0 aliphatic heterocycles. The first-order chi connectivity index (χ1) is 18.6. The van der Waals surface area contributed by atoms with Crippen molar-refractivity contribution in [2.45, 2.75) is 136 Å². The van der Waals surface area contributed by atoms with Crippen molar-refractivity contribution in [2.24, 2.45) is 0 Å². The lowest BCUT2D eigenvalue weighted by atomic mass is 10.1. The quantitative estimate of drug-likeness (QED) is 0.0563. The van der Waals surface area contributed by atoms with Gasteiger partial charge in [-0.2, -0.15) is 0 Å². The van der Waals surface area contributed by atoms with Gasteiger partial charge >= 0.3 is 11.9 Å². The SMILES string of the molecule is CCCCCCCCCCCCC[N+](C)(C)CC(=O)OCCOC(=O)C[N+](C)(C)CCCCCCCCCC. The summed E-state index contributed by atoms with van der Waals surface area (Å²) in [6.07, 6.45) is 24.9. The third kappa shape index (κ3) is 26.8. The zero-order valence-corrected chi connectivity index (χ0v) is 27.2. The van der Waals surface area contributed by atoms with Crippen molar-refractivity contribution >= 4 is 11.9 Å². The molecule has 6 nitrogen and oxygen atoms in total. The summed E-state index contributed by atoms with van der Waals surface area (Å²) in [6, 6.07) is 0. The molecule has 0 bridgehead atoms. The molecular weight excluding hydrogens is 488 g/mol. The monoisotopic (exact) mass is 557 g/mol. The maximum Gasteiger partial charge on any atom is 0.361 e. The fraction of sp³-hybridized carbons (Fsp3) is 0.939. The van der Waals surface area contributed by atoms with Gasteiger partial charge in [0, 0.05) is 0 Å². The molecule has 0 saturated carbocycles. The molecule has 6 heteroatoms. The van der Waals surface area contributed by atoms with Crippen LogP contribution in [0, 0.1) is 0 Å². The number of ether oxygens (including phenoxy) is 2. The predicted molar refractivity (Wildman–Crippen MR) is 165 cm³/mol. The van der Waals surface area contributed by atoms with E-state index in [0.717, 1.165) is 25.9 Å². The van der Waals surface area contributed by atoms with Crippen LogP contribution in [0.2, 0.25) is 0 Å². The van der Waals surface area contributed by atoms with Crippen LogP contribution < -0.4 is 0 Å². The topological polar surface area (TPSA) is 52.6 Å². The Bertz CT molecular complexity index is 592. The number of nitrogens with zero attached hydrogens (tertiary/aromatic N) is 2. The molecule has 0 rings (SSSR count). The van der Waals surface area contributed by atoms with Gasteiger partial charge in [-0.1, -0.05) is 110 Å². The third-order valence-corrected chi connectivity index (χ3v) is 7.71. The molecule has 39 heavy (non-hydrogen) atoms. The predicted octanol–water partition coefficient (Wildman–Crippen LogP) is 7.68. The van der Waals surface area contributed by atoms with Gasteiger partial charge in [-0.15, -0.1) is 0 Å². The highest BCUT2D eigenvalue weighted by molar-refractivity contribution is 5.71. The molecule has 0 aromatic heterocycles. The standard InChI is InChI=1S/C33H68N2O4/c1-7-9-11-13-15-17-18-19-21-23-25-27-35(5,6)31-33(37)39-29-28-38-32(36)30-34(3,4)26-24-22-20-16-14-12-10-8-2/h7-31H2,1-6H3/q+2. The molecular formula is C33H68N2O4+2. The molecule has 0 radical (unpaired) electrons. The molecule has 0 heterocycles. The molecule has 0 aromatic carbocycles. The van der Waals surface area contributed by atoms with Crippen LogP contribution in [0.15, 0.2) is 0 Å². The molecule has 0 aliphatic rings. The highest BCUT2D eigenvalue weighted by Crippen LogP contribution is 2.13. The minimum Gasteiger partial charge on any atom is -0.458 e. The summed E-state index contributed by atoms with van der Waals surface area (Å²) in [6.45, 7) is 7.45. The maximum absolute atomic E-state index is 12.3. The second-order valence-corrected chi connectivity index (χ2v) is 13.1. The highest BCUT2D eigenvalue weighted by atomic mass is 16.6. The lowest BCUT2D eigenvalue weighted by molar-refractivity contribution is -0.883. The van der Waals surface area contributed by atoms with E-state index >= 15 is 0 Å². The number of unbranched alkanes of at least 4 members (excludes halogenated alkanes) is 17. The zero-order chi connectivity index (χ0) is 29.2. The number of hydrogen-bond acceptors (Lipinski definition) is 4. The van der Waals surface area contributed by atoms with Crippen LogP contribution in [0.25, 0.3) is 0 Å². The smallest absolute Gasteiger partial charge is 0.361 e. The molecule has 0 N–H and O–H groups in total. The molecule has 0 fully saturated rings. The van der Waals surface area contributed by atoms with Gasteiger partial charge in [0.15, 0.2) is 13.1 Å². The summed E-state index contributed by atoms with van der Waals surface area (Å²) in [5.74, 6) is -0.437. The minimum absolute atomic E-state index is 0.133. The first kappa shape index (κ1) is 37.9. The Kier molecular flexibility index (Phi) is 23.9. The summed E-state index contributed by atoms with van der Waals surface area (Å²) in [4.78, 5) is 24.6. The van der Waals surface area contributed by atoms with E-state index in [9.17, 15) is 9.59 Å². The summed E-state index contributed by atoms with van der Waals surface area (Å²) < 4.78 is 12.0. The molecule has 0 aliphatic carbocycles. The van der Waals surface area contributed by atoms with Gasteiger partial charge in [0.05, 0.1) is 41.3 Å². The fourth-order valence-corrected chi connectivity index (χ4v) is 5.14. The van der Waals surface area contributed by atoms with Crippen molar-refractivity contribution in [1.29, 1.82) is 0 Å². The van der Waals surface area contributed by atoms with Crippen LogP contribution in [-0.2, 0) is 19.1 Å². The second-order valence-electron chi connectivity index (χ2n) is 13.1. The van der Waals surface area contributed by atoms with E-state index in [-0.39, 0.29) is 25.2 Å². The van der Waals surface area contributed by atoms with Gasteiger partial charge < -0.3 is 18.4 Å². The normalized spacial score (nSPS) is 12.1. The van der Waals surface area contributed by atoms with Crippen molar-refractivity contribution in [1.82, 2.24) is 0 Å². The van der Waals surface area contributed by atoms with Crippen molar-refractivity contribution < 1.29 is 28.0 Å². The summed E-state index contributed by atoms with van der Waals surface area (Å²) in [5.41, 5.74) is 0. The van der Waals surface area contributed by atoms with Crippen LogP contribution in [0.5, 0.6) is 0 Å². The van der Waals surface area contributed by atoms with E-state index in [1.54, 1.807) is 0 Å². The lowest BCUT2D eigenvalue weighted by Crippen LogP contribution is -2.45. The van der Waals surface area contributed by atoms with Gasteiger partial charge in [0.1, 0.15) is 13.2 Å². The number of carbonyl (C=O) groups is 2. The maximum atomic E-state index is 12.3. The molecule has 0 saturated heterocycles. The van der Waals surface area contributed by atoms with Crippen LogP contribution >= 0.6 is 0 Å². The molecule has 0 amide bonds. The number of likely N-dealkylation sites (N-methyl/N-ethyl adjacent to an activating group) is 2. The van der Waals surface area contributed by atoms with E-state index in [4.69, 9.17) is 9.47 Å². The number of quaternary nitrogens is 2. The van der Waals surface area contributed by atoms with Gasteiger partial charge in [-0.3, -0.25) is 0 Å². The Hall–Kier alpha value is -1.14. The van der Waals surface area contributed by atoms with Gasteiger partial charge in [0.2, 0.25) is 0 Å². The molecule has 0 atom stereocenters. The number of carbonyl (C=O) groups excluding carboxylic acids is 2. The van der Waals surface area contributed by atoms with Crippen molar-refractivity contribution in [2.75, 3.05) is 67.6 Å². The fourth-order valence-electron chi connectivity index (χ4n) is 5.14. The average Bonchev–Trinajstić information content (AvgIpc) is 2.86. The van der Waals surface area contributed by atoms with E-state index in [1.165, 1.54) is 109 Å². The third-order valence-electron chi connectivity index (χ3n) is 7.71. The largest absolute Gasteiger partial charge is 0.458 e. The van der Waals surface area contributed by atoms with Crippen LogP contribution in [0.4, 0.5) is 0 Å². The Labute approximate surface area is 243 Å². The van der Waals surface area contributed by atoms with Crippen molar-refractivity contribution in [3.05, 3.63) is 0 Å². The number of esters is 2. The Morgan fingerprint density at radius 1 is 0.436 bits per heavy atom. The van der Waals surface area contributed by atoms with E-state index in [2.05, 4.69) is 42.0 Å². The van der Waals surface area contributed by atoms with Crippen LogP contribution in [-0.4, -0.2) is 88.5 Å². The second kappa shape index (κ2) is 24.6. The van der Waals surface area contributed by atoms with E-state index in [1.807, 2.05) is 0 Å². The molecule has 0 unspecified atom stereocenters. The van der Waals surface area contributed by atoms with Gasteiger partial charge in [0.25, 0.3) is 0 Å². The van der Waals surface area contributed by atoms with Crippen molar-refractivity contribution in [3.8, 4) is 0 Å². The Balaban J connectivity index is 3.78. The first-order valence-electron chi connectivity index (χ1n) is 16.6. The minimum atomic E-state index is -0.219. The summed E-state index contributed by atoms with van der Waals surface area (Å²) >= 11 is 0. The van der Waals surface area contributed by atoms with Crippen LogP contribution in [0.1, 0.15) is 136 Å². The first-order valence-corrected chi connectivity index (χ1v) is 16.6. The van der Waals surface area contributed by atoms with E-state index in [0.29, 0.717) is 22.1 Å². The number of rotatable bonds is 28. The Morgan fingerprint density at radius 2 is 0.692 bits per heavy atom. The van der Waals surface area contributed by atoms with Gasteiger partial charge in [-0.25, -0.2) is 9.59 Å². The van der Waals surface area contributed by atoms with Gasteiger partial charge in [-0.05, 0) is 25.7 Å². The molecule has 0 spiro atoms. The van der Waals surface area contributed by atoms with E-state index < -0.39 is 0 Å². The average molecular weight is 557 g/mol.